The first-order valence-electron chi connectivity index (χ1n) is 10.00. The van der Waals surface area contributed by atoms with Gasteiger partial charge >= 0.3 is 0 Å². The molecular weight excluding hydrogens is 240 g/mol. The van der Waals surface area contributed by atoms with E-state index in [1.54, 1.807) is 0 Å². The normalized spacial score (nSPS) is 24.0. The molecular formula is C20H40. The van der Waals surface area contributed by atoms with Gasteiger partial charge in [0, 0.05) is 0 Å². The molecule has 0 amide bonds. The molecule has 3 aliphatic rings. The Kier molecular flexibility index (Phi) is 13.9. The van der Waals surface area contributed by atoms with Crippen LogP contribution in [0.3, 0.4) is 0 Å². The van der Waals surface area contributed by atoms with E-state index in [1.165, 1.54) is 128 Å². The standard InChI is InChI=1S/C9H18.C6H12.C5H10/c1-2-4-6-8-9-7-5-3-1;1-2-4-6-5-3-1;1-2-4-5-3-1/h1-9H2;1-6H2;1-5H2. The molecule has 3 saturated carbocycles. The van der Waals surface area contributed by atoms with Crippen molar-refractivity contribution in [2.24, 2.45) is 0 Å². The topological polar surface area (TPSA) is 0 Å². The smallest absolute Gasteiger partial charge is 0.0533 e. The van der Waals surface area contributed by atoms with E-state index in [9.17, 15) is 0 Å². The average Bonchev–Trinajstić information content (AvgIpc) is 3.13. The van der Waals surface area contributed by atoms with E-state index in [0.29, 0.717) is 0 Å². The molecule has 0 radical (unpaired) electrons. The van der Waals surface area contributed by atoms with Crippen molar-refractivity contribution >= 4 is 0 Å². The van der Waals surface area contributed by atoms with E-state index < -0.39 is 0 Å². The van der Waals surface area contributed by atoms with Gasteiger partial charge in [0.15, 0.2) is 0 Å². The summed E-state index contributed by atoms with van der Waals surface area (Å²) in [6.45, 7) is 0. The number of hydrogen-bond donors (Lipinski definition) is 0. The van der Waals surface area contributed by atoms with Gasteiger partial charge in [-0.25, -0.2) is 0 Å². The van der Waals surface area contributed by atoms with Gasteiger partial charge < -0.3 is 0 Å². The highest BCUT2D eigenvalue weighted by atomic mass is 14.0. The van der Waals surface area contributed by atoms with Crippen molar-refractivity contribution in [1.82, 2.24) is 0 Å². The highest BCUT2D eigenvalue weighted by Crippen LogP contribution is 2.16. The maximum absolute atomic E-state index is 1.50. The van der Waals surface area contributed by atoms with Crippen molar-refractivity contribution in [2.75, 3.05) is 0 Å². The SMILES string of the molecule is C1CCCC1.C1CCCCC1.C1CCCCCCCC1. The summed E-state index contributed by atoms with van der Waals surface area (Å²) in [5.74, 6) is 0. The lowest BCUT2D eigenvalue weighted by Gasteiger charge is -2.05. The Morgan fingerprint density at radius 1 is 0.100 bits per heavy atom. The Balaban J connectivity index is 0.000000158. The molecule has 0 aliphatic heterocycles. The zero-order valence-corrected chi connectivity index (χ0v) is 14.1. The summed E-state index contributed by atoms with van der Waals surface area (Å²) < 4.78 is 0. The van der Waals surface area contributed by atoms with E-state index in [4.69, 9.17) is 0 Å². The van der Waals surface area contributed by atoms with Crippen LogP contribution in [0.5, 0.6) is 0 Å². The largest absolute Gasteiger partial charge is 0.0533 e. The lowest BCUT2D eigenvalue weighted by atomic mass is 10.0. The van der Waals surface area contributed by atoms with Crippen molar-refractivity contribution in [3.05, 3.63) is 0 Å². The van der Waals surface area contributed by atoms with Crippen molar-refractivity contribution in [3.8, 4) is 0 Å². The fourth-order valence-corrected chi connectivity index (χ4v) is 3.54. The molecule has 0 unspecified atom stereocenters. The van der Waals surface area contributed by atoms with Gasteiger partial charge in [0.25, 0.3) is 0 Å². The molecule has 0 bridgehead atoms. The first kappa shape index (κ1) is 18.1. The van der Waals surface area contributed by atoms with Crippen LogP contribution in [-0.4, -0.2) is 0 Å². The van der Waals surface area contributed by atoms with Crippen LogP contribution in [-0.2, 0) is 0 Å². The van der Waals surface area contributed by atoms with Gasteiger partial charge in [-0.05, 0) is 0 Å². The van der Waals surface area contributed by atoms with Crippen LogP contribution in [0.15, 0.2) is 0 Å². The molecule has 0 aromatic heterocycles. The maximum Gasteiger partial charge on any atom is -0.0533 e. The molecule has 0 heterocycles. The molecule has 0 spiro atoms. The second-order valence-electron chi connectivity index (χ2n) is 7.07. The van der Waals surface area contributed by atoms with Crippen LogP contribution in [0.4, 0.5) is 0 Å². The Bertz CT molecular complexity index is 117. The summed E-state index contributed by atoms with van der Waals surface area (Å²) in [5, 5.41) is 0. The molecule has 0 aromatic carbocycles. The van der Waals surface area contributed by atoms with Crippen LogP contribution < -0.4 is 0 Å². The van der Waals surface area contributed by atoms with Gasteiger partial charge in [-0.2, -0.15) is 0 Å². The molecule has 3 aliphatic carbocycles. The van der Waals surface area contributed by atoms with Crippen molar-refractivity contribution in [2.45, 2.75) is 128 Å². The summed E-state index contributed by atoms with van der Waals surface area (Å²) in [6.07, 6.45) is 30.0. The molecule has 0 atom stereocenters. The maximum atomic E-state index is 1.50. The highest BCUT2D eigenvalue weighted by molar-refractivity contribution is 4.52. The van der Waals surface area contributed by atoms with Gasteiger partial charge in [-0.3, -0.25) is 0 Å². The summed E-state index contributed by atoms with van der Waals surface area (Å²) >= 11 is 0. The third-order valence-electron chi connectivity index (χ3n) is 5.00. The third kappa shape index (κ3) is 13.0. The number of rotatable bonds is 0. The Labute approximate surface area is 129 Å². The molecule has 120 valence electrons. The summed E-state index contributed by atoms with van der Waals surface area (Å²) in [6, 6.07) is 0. The quantitative estimate of drug-likeness (QED) is 0.424. The fourth-order valence-electron chi connectivity index (χ4n) is 3.54. The first-order valence-corrected chi connectivity index (χ1v) is 10.00. The molecule has 20 heavy (non-hydrogen) atoms. The second kappa shape index (κ2) is 15.4. The van der Waals surface area contributed by atoms with E-state index in [2.05, 4.69) is 0 Å². The summed E-state index contributed by atoms with van der Waals surface area (Å²) in [4.78, 5) is 0. The Morgan fingerprint density at radius 3 is 0.200 bits per heavy atom. The average molecular weight is 281 g/mol. The van der Waals surface area contributed by atoms with E-state index >= 15 is 0 Å². The Hall–Kier alpha value is 0. The predicted molar refractivity (Wildman–Crippen MR) is 92.3 cm³/mol. The minimum absolute atomic E-state index is 1.50. The molecule has 0 N–H and O–H groups in total. The third-order valence-corrected chi connectivity index (χ3v) is 5.00. The van der Waals surface area contributed by atoms with Crippen LogP contribution in [0.25, 0.3) is 0 Å². The summed E-state index contributed by atoms with van der Waals surface area (Å²) in [5.41, 5.74) is 0. The van der Waals surface area contributed by atoms with Crippen molar-refractivity contribution in [1.29, 1.82) is 0 Å². The zero-order valence-electron chi connectivity index (χ0n) is 14.1. The lowest BCUT2D eigenvalue weighted by molar-refractivity contribution is 0.504. The lowest BCUT2D eigenvalue weighted by Crippen LogP contribution is -1.85. The molecule has 3 fully saturated rings. The zero-order chi connectivity index (χ0) is 14.1. The van der Waals surface area contributed by atoms with Crippen LogP contribution >= 0.6 is 0 Å². The predicted octanol–water partition coefficient (Wildman–Crippen LogP) is 7.80. The van der Waals surface area contributed by atoms with Gasteiger partial charge in [-0.15, -0.1) is 0 Å². The van der Waals surface area contributed by atoms with Crippen molar-refractivity contribution in [3.63, 3.8) is 0 Å². The Morgan fingerprint density at radius 2 is 0.150 bits per heavy atom. The first-order chi connectivity index (χ1) is 10.0. The van der Waals surface area contributed by atoms with Gasteiger partial charge in [0.2, 0.25) is 0 Å². The molecule has 0 aromatic rings. The van der Waals surface area contributed by atoms with E-state index in [1.807, 2.05) is 0 Å². The number of hydrogen-bond acceptors (Lipinski definition) is 0. The minimum atomic E-state index is 1.50. The molecule has 0 nitrogen and oxygen atoms in total. The van der Waals surface area contributed by atoms with Crippen molar-refractivity contribution < 1.29 is 0 Å². The van der Waals surface area contributed by atoms with E-state index in [-0.39, 0.29) is 0 Å². The molecule has 3 rings (SSSR count). The molecule has 0 heteroatoms. The summed E-state index contributed by atoms with van der Waals surface area (Å²) in [7, 11) is 0. The van der Waals surface area contributed by atoms with E-state index in [0.717, 1.165) is 0 Å². The molecule has 0 saturated heterocycles. The van der Waals surface area contributed by atoms with Crippen LogP contribution in [0.1, 0.15) is 128 Å². The van der Waals surface area contributed by atoms with Gasteiger partial charge in [0.05, 0.1) is 0 Å². The van der Waals surface area contributed by atoms with Gasteiger partial charge in [0.1, 0.15) is 0 Å². The second-order valence-corrected chi connectivity index (χ2v) is 7.07. The van der Waals surface area contributed by atoms with Crippen LogP contribution in [0, 0.1) is 0 Å². The highest BCUT2D eigenvalue weighted by Gasteiger charge is 1.96. The fraction of sp³-hybridized carbons (Fsp3) is 1.00. The minimum Gasteiger partial charge on any atom is -0.0533 e. The van der Waals surface area contributed by atoms with Gasteiger partial charge in [-0.1, -0.05) is 128 Å². The monoisotopic (exact) mass is 280 g/mol. The van der Waals surface area contributed by atoms with Crippen LogP contribution in [0.2, 0.25) is 0 Å².